The highest BCUT2D eigenvalue weighted by atomic mass is 32.1. The van der Waals surface area contributed by atoms with Crippen molar-refractivity contribution in [1.82, 2.24) is 9.47 Å². The number of nitrogens with zero attached hydrogens (tertiary/aromatic N) is 2. The van der Waals surface area contributed by atoms with E-state index < -0.39 is 0 Å². The number of thiophene rings is 1. The first-order valence-corrected chi connectivity index (χ1v) is 9.38. The molecule has 2 aromatic heterocycles. The van der Waals surface area contributed by atoms with E-state index in [1.807, 2.05) is 17.2 Å². The van der Waals surface area contributed by atoms with Gasteiger partial charge in [-0.25, -0.2) is 0 Å². The molecule has 3 heterocycles. The molecule has 0 aliphatic carbocycles. The Kier molecular flexibility index (Phi) is 4.49. The van der Waals surface area contributed by atoms with E-state index in [0.29, 0.717) is 13.0 Å². The number of carbonyl (C=O) groups excluding carboxylic acids is 1. The Labute approximate surface area is 138 Å². The van der Waals surface area contributed by atoms with Gasteiger partial charge in [0.1, 0.15) is 0 Å². The molecule has 1 unspecified atom stereocenters. The van der Waals surface area contributed by atoms with Crippen molar-refractivity contribution in [2.24, 2.45) is 0 Å². The highest BCUT2D eigenvalue weighted by molar-refractivity contribution is 7.10. The molecular weight excluding hydrogens is 316 g/mol. The lowest BCUT2D eigenvalue weighted by Gasteiger charge is -2.35. The van der Waals surface area contributed by atoms with Crippen LogP contribution in [0.5, 0.6) is 0 Å². The van der Waals surface area contributed by atoms with Gasteiger partial charge in [-0.05, 0) is 36.8 Å². The number of amides is 1. The average molecular weight is 336 g/mol. The smallest absolute Gasteiger partial charge is 0.307 e. The molecule has 0 radical (unpaired) electrons. The maximum Gasteiger partial charge on any atom is 0.307 e. The molecule has 0 bridgehead atoms. The number of hydrogen-bond acceptors (Lipinski definition) is 4. The molecule has 1 aliphatic rings. The minimum atomic E-state index is 0.0242. The lowest BCUT2D eigenvalue weighted by Crippen LogP contribution is -2.39. The van der Waals surface area contributed by atoms with E-state index in [4.69, 9.17) is 0 Å². The van der Waals surface area contributed by atoms with Crippen LogP contribution >= 0.6 is 22.7 Å². The number of carbonyl (C=O) groups is 1. The zero-order valence-electron chi connectivity index (χ0n) is 12.9. The Bertz CT molecular complexity index is 729. The molecule has 0 saturated carbocycles. The summed E-state index contributed by atoms with van der Waals surface area (Å²) in [5.74, 6) is 0.154. The van der Waals surface area contributed by atoms with E-state index in [1.54, 1.807) is 15.9 Å². The highest BCUT2D eigenvalue weighted by Gasteiger charge is 2.29. The maximum atomic E-state index is 12.6. The molecule has 6 heteroatoms. The predicted octanol–water partition coefficient (Wildman–Crippen LogP) is 3.21. The Morgan fingerprint density at radius 1 is 1.41 bits per heavy atom. The van der Waals surface area contributed by atoms with Crippen LogP contribution in [-0.4, -0.2) is 21.9 Å². The lowest BCUT2D eigenvalue weighted by atomic mass is 9.97. The van der Waals surface area contributed by atoms with Gasteiger partial charge >= 0.3 is 4.87 Å². The van der Waals surface area contributed by atoms with E-state index >= 15 is 0 Å². The van der Waals surface area contributed by atoms with Gasteiger partial charge in [-0.3, -0.25) is 9.59 Å². The van der Waals surface area contributed by atoms with Gasteiger partial charge < -0.3 is 9.47 Å². The van der Waals surface area contributed by atoms with E-state index in [2.05, 4.69) is 18.4 Å². The third-order valence-electron chi connectivity index (χ3n) is 4.33. The molecule has 0 N–H and O–H groups in total. The van der Waals surface area contributed by atoms with Crippen LogP contribution in [-0.2, 0) is 17.8 Å². The first-order chi connectivity index (χ1) is 10.6. The second kappa shape index (κ2) is 6.38. The van der Waals surface area contributed by atoms with Crippen molar-refractivity contribution in [3.05, 3.63) is 42.6 Å². The predicted molar refractivity (Wildman–Crippen MR) is 90.7 cm³/mol. The average Bonchev–Trinajstić information content (AvgIpc) is 3.11. The van der Waals surface area contributed by atoms with E-state index in [9.17, 15) is 9.59 Å². The van der Waals surface area contributed by atoms with Crippen LogP contribution in [0.4, 0.5) is 0 Å². The van der Waals surface area contributed by atoms with Crippen molar-refractivity contribution in [3.63, 3.8) is 0 Å². The van der Waals surface area contributed by atoms with Gasteiger partial charge in [0.05, 0.1) is 6.04 Å². The Balaban J connectivity index is 1.71. The molecule has 0 spiro atoms. The normalized spacial score (nSPS) is 17.5. The van der Waals surface area contributed by atoms with Crippen molar-refractivity contribution in [2.75, 3.05) is 6.54 Å². The quantitative estimate of drug-likeness (QED) is 0.860. The summed E-state index contributed by atoms with van der Waals surface area (Å²) in [6.45, 7) is 5.32. The molecule has 0 aromatic carbocycles. The summed E-state index contributed by atoms with van der Waals surface area (Å²) in [7, 11) is 0. The summed E-state index contributed by atoms with van der Waals surface area (Å²) in [6, 6.07) is 2.35. The highest BCUT2D eigenvalue weighted by Crippen LogP contribution is 2.35. The molecule has 1 atom stereocenters. The van der Waals surface area contributed by atoms with Crippen LogP contribution in [0, 0.1) is 6.92 Å². The molecule has 22 heavy (non-hydrogen) atoms. The van der Waals surface area contributed by atoms with Gasteiger partial charge in [-0.2, -0.15) is 0 Å². The maximum absolute atomic E-state index is 12.6. The minimum absolute atomic E-state index is 0.0242. The zero-order valence-corrected chi connectivity index (χ0v) is 14.5. The summed E-state index contributed by atoms with van der Waals surface area (Å²) >= 11 is 2.99. The summed E-state index contributed by atoms with van der Waals surface area (Å²) in [4.78, 5) is 27.8. The van der Waals surface area contributed by atoms with Gasteiger partial charge in [0, 0.05) is 35.5 Å². The van der Waals surface area contributed by atoms with Crippen LogP contribution in [0.2, 0.25) is 0 Å². The lowest BCUT2D eigenvalue weighted by molar-refractivity contribution is -0.134. The summed E-state index contributed by atoms with van der Waals surface area (Å²) in [5, 5.41) is 3.97. The fraction of sp³-hybridized carbons (Fsp3) is 0.500. The third kappa shape index (κ3) is 2.77. The molecule has 118 valence electrons. The van der Waals surface area contributed by atoms with E-state index in [0.717, 1.165) is 25.1 Å². The zero-order chi connectivity index (χ0) is 15.7. The molecule has 1 aliphatic heterocycles. The third-order valence-corrected chi connectivity index (χ3v) is 6.21. The topological polar surface area (TPSA) is 42.3 Å². The van der Waals surface area contributed by atoms with Crippen LogP contribution in [0.25, 0.3) is 0 Å². The van der Waals surface area contributed by atoms with Gasteiger partial charge in [-0.15, -0.1) is 11.3 Å². The van der Waals surface area contributed by atoms with Crippen LogP contribution in [0.1, 0.15) is 41.9 Å². The molecule has 0 fully saturated rings. The number of rotatable bonds is 4. The van der Waals surface area contributed by atoms with Crippen LogP contribution < -0.4 is 4.87 Å². The molecule has 2 aromatic rings. The van der Waals surface area contributed by atoms with Gasteiger partial charge in [-0.1, -0.05) is 18.3 Å². The fourth-order valence-corrected chi connectivity index (χ4v) is 4.85. The van der Waals surface area contributed by atoms with Gasteiger partial charge in [0.15, 0.2) is 0 Å². The summed E-state index contributed by atoms with van der Waals surface area (Å²) < 4.78 is 1.70. The molecular formula is C16H20N2O2S2. The molecule has 4 nitrogen and oxygen atoms in total. The number of thiazole rings is 1. The number of hydrogen-bond donors (Lipinski definition) is 0. The molecule has 3 rings (SSSR count). The number of fused-ring (bicyclic) bond motifs is 1. The number of aromatic nitrogens is 1. The second-order valence-electron chi connectivity index (χ2n) is 5.60. The van der Waals surface area contributed by atoms with Crippen molar-refractivity contribution in [3.8, 4) is 0 Å². The summed E-state index contributed by atoms with van der Waals surface area (Å²) in [5.41, 5.74) is 2.25. The van der Waals surface area contributed by atoms with Crippen molar-refractivity contribution in [2.45, 2.75) is 45.7 Å². The SMILES string of the molecule is CCC1c2ccsc2CCN1C(=O)CCn1c(C)csc1=O. The van der Waals surface area contributed by atoms with Crippen molar-refractivity contribution < 1.29 is 4.79 Å². The molecule has 1 amide bonds. The standard InChI is InChI=1S/C16H20N2O2S2/c1-3-13-12-6-9-21-14(12)4-7-18(13)15(19)5-8-17-11(2)10-22-16(17)20/h6,9-10,13H,3-5,7-8H2,1-2H3. The van der Waals surface area contributed by atoms with Gasteiger partial charge in [0.25, 0.3) is 0 Å². The minimum Gasteiger partial charge on any atom is -0.335 e. The van der Waals surface area contributed by atoms with Crippen molar-refractivity contribution in [1.29, 1.82) is 0 Å². The van der Waals surface area contributed by atoms with Crippen molar-refractivity contribution >= 4 is 28.6 Å². The molecule has 0 saturated heterocycles. The first-order valence-electron chi connectivity index (χ1n) is 7.62. The first kappa shape index (κ1) is 15.5. The van der Waals surface area contributed by atoms with Crippen LogP contribution in [0.3, 0.4) is 0 Å². The van der Waals surface area contributed by atoms with Gasteiger partial charge in [0.2, 0.25) is 5.91 Å². The second-order valence-corrected chi connectivity index (χ2v) is 7.43. The number of aryl methyl sites for hydroxylation is 1. The summed E-state index contributed by atoms with van der Waals surface area (Å²) in [6.07, 6.45) is 2.28. The van der Waals surface area contributed by atoms with E-state index in [-0.39, 0.29) is 16.8 Å². The Hall–Kier alpha value is -1.40. The monoisotopic (exact) mass is 336 g/mol. The largest absolute Gasteiger partial charge is 0.335 e. The Morgan fingerprint density at radius 2 is 2.23 bits per heavy atom. The Morgan fingerprint density at radius 3 is 2.91 bits per heavy atom. The fourth-order valence-electron chi connectivity index (χ4n) is 3.16. The van der Waals surface area contributed by atoms with Crippen LogP contribution in [0.15, 0.2) is 21.6 Å². The van der Waals surface area contributed by atoms with E-state index in [1.165, 1.54) is 21.8 Å².